The summed E-state index contributed by atoms with van der Waals surface area (Å²) in [6.45, 7) is 4.67. The summed E-state index contributed by atoms with van der Waals surface area (Å²) in [5.74, 6) is 0. The molecule has 4 heteroatoms. The number of nitrogens with two attached hydrogens (primary N) is 1. The Morgan fingerprint density at radius 3 is 2.76 bits per heavy atom. The van der Waals surface area contributed by atoms with Gasteiger partial charge in [-0.2, -0.15) is 0 Å². The van der Waals surface area contributed by atoms with Gasteiger partial charge < -0.3 is 16.0 Å². The fourth-order valence-electron chi connectivity index (χ4n) is 2.21. The normalized spacial score (nSPS) is 16.3. The molecule has 1 aliphatic rings. The molecule has 2 rings (SSSR count). The smallest absolute Gasteiger partial charge is 0.0657 e. The Labute approximate surface area is 108 Å². The first-order valence-corrected chi connectivity index (χ1v) is 6.65. The Kier molecular flexibility index (Phi) is 4.51. The number of hydrogen-bond acceptors (Lipinski definition) is 3. The average molecular weight is 254 g/mol. The van der Waals surface area contributed by atoms with Crippen molar-refractivity contribution in [3.63, 3.8) is 0 Å². The van der Waals surface area contributed by atoms with Crippen LogP contribution in [0.5, 0.6) is 0 Å². The van der Waals surface area contributed by atoms with E-state index in [2.05, 4.69) is 10.2 Å². The second kappa shape index (κ2) is 6.12. The van der Waals surface area contributed by atoms with E-state index < -0.39 is 0 Å². The molecule has 1 saturated heterocycles. The SMILES string of the molecule is Nc1ccc(NCCCN2CCCC2)c(Cl)c1. The van der Waals surface area contributed by atoms with Gasteiger partial charge in [0.2, 0.25) is 0 Å². The fraction of sp³-hybridized carbons (Fsp3) is 0.538. The lowest BCUT2D eigenvalue weighted by atomic mass is 10.2. The number of nitrogens with zero attached hydrogens (tertiary/aromatic N) is 1. The van der Waals surface area contributed by atoms with Crippen LogP contribution in [0.15, 0.2) is 18.2 Å². The van der Waals surface area contributed by atoms with Crippen LogP contribution in [0.3, 0.4) is 0 Å². The summed E-state index contributed by atoms with van der Waals surface area (Å²) in [4.78, 5) is 2.52. The largest absolute Gasteiger partial charge is 0.399 e. The number of halogens is 1. The highest BCUT2D eigenvalue weighted by Crippen LogP contribution is 2.23. The van der Waals surface area contributed by atoms with Gasteiger partial charge in [0, 0.05) is 12.2 Å². The number of likely N-dealkylation sites (tertiary alicyclic amines) is 1. The zero-order valence-electron chi connectivity index (χ0n) is 10.1. The monoisotopic (exact) mass is 253 g/mol. The van der Waals surface area contributed by atoms with Crippen LogP contribution >= 0.6 is 11.6 Å². The number of anilines is 2. The van der Waals surface area contributed by atoms with Crippen molar-refractivity contribution in [1.82, 2.24) is 4.90 Å². The summed E-state index contributed by atoms with van der Waals surface area (Å²) >= 11 is 6.08. The van der Waals surface area contributed by atoms with Gasteiger partial charge in [-0.15, -0.1) is 0 Å². The summed E-state index contributed by atoms with van der Waals surface area (Å²) in [5.41, 5.74) is 7.33. The lowest BCUT2D eigenvalue weighted by molar-refractivity contribution is 0.337. The predicted octanol–water partition coefficient (Wildman–Crippen LogP) is 2.82. The van der Waals surface area contributed by atoms with E-state index in [0.717, 1.165) is 18.7 Å². The van der Waals surface area contributed by atoms with Gasteiger partial charge in [-0.3, -0.25) is 0 Å². The highest BCUT2D eigenvalue weighted by molar-refractivity contribution is 6.33. The van der Waals surface area contributed by atoms with E-state index >= 15 is 0 Å². The van der Waals surface area contributed by atoms with Gasteiger partial charge in [-0.25, -0.2) is 0 Å². The Morgan fingerprint density at radius 2 is 2.06 bits per heavy atom. The molecule has 0 aromatic heterocycles. The number of nitrogens with one attached hydrogen (secondary N) is 1. The topological polar surface area (TPSA) is 41.3 Å². The van der Waals surface area contributed by atoms with Gasteiger partial charge in [-0.1, -0.05) is 11.6 Å². The lowest BCUT2D eigenvalue weighted by Crippen LogP contribution is -2.22. The fourth-order valence-corrected chi connectivity index (χ4v) is 2.46. The maximum atomic E-state index is 6.08. The Morgan fingerprint density at radius 1 is 1.29 bits per heavy atom. The summed E-state index contributed by atoms with van der Waals surface area (Å²) in [5, 5.41) is 4.05. The third-order valence-corrected chi connectivity index (χ3v) is 3.47. The van der Waals surface area contributed by atoms with Crippen LogP contribution in [-0.2, 0) is 0 Å². The van der Waals surface area contributed by atoms with E-state index in [4.69, 9.17) is 17.3 Å². The molecule has 0 spiro atoms. The average Bonchev–Trinajstić information content (AvgIpc) is 2.79. The van der Waals surface area contributed by atoms with Gasteiger partial charge in [0.15, 0.2) is 0 Å². The lowest BCUT2D eigenvalue weighted by Gasteiger charge is -2.15. The Balaban J connectivity index is 1.70. The highest BCUT2D eigenvalue weighted by Gasteiger charge is 2.10. The van der Waals surface area contributed by atoms with E-state index in [1.54, 1.807) is 6.07 Å². The van der Waals surface area contributed by atoms with Gasteiger partial charge in [-0.05, 0) is 57.1 Å². The van der Waals surface area contributed by atoms with Crippen molar-refractivity contribution in [2.75, 3.05) is 37.2 Å². The summed E-state index contributed by atoms with van der Waals surface area (Å²) in [6, 6.07) is 5.59. The first-order chi connectivity index (χ1) is 8.25. The molecule has 17 heavy (non-hydrogen) atoms. The molecule has 0 bridgehead atoms. The van der Waals surface area contributed by atoms with Gasteiger partial charge in [0.05, 0.1) is 10.7 Å². The molecule has 0 atom stereocenters. The molecule has 0 saturated carbocycles. The second-order valence-corrected chi connectivity index (χ2v) is 4.98. The maximum absolute atomic E-state index is 6.08. The Hall–Kier alpha value is -0.930. The van der Waals surface area contributed by atoms with Gasteiger partial charge >= 0.3 is 0 Å². The molecule has 1 aliphatic heterocycles. The second-order valence-electron chi connectivity index (χ2n) is 4.57. The van der Waals surface area contributed by atoms with E-state index in [0.29, 0.717) is 10.7 Å². The molecule has 3 nitrogen and oxygen atoms in total. The van der Waals surface area contributed by atoms with Crippen LogP contribution in [0, 0.1) is 0 Å². The molecule has 1 aromatic rings. The van der Waals surface area contributed by atoms with Crippen LogP contribution < -0.4 is 11.1 Å². The molecule has 0 aliphatic carbocycles. The minimum atomic E-state index is 0.700. The third kappa shape index (κ3) is 3.79. The van der Waals surface area contributed by atoms with Crippen LogP contribution in [-0.4, -0.2) is 31.1 Å². The highest BCUT2D eigenvalue weighted by atomic mass is 35.5. The molecular formula is C13H20ClN3. The molecule has 0 amide bonds. The minimum absolute atomic E-state index is 0.700. The van der Waals surface area contributed by atoms with E-state index in [9.17, 15) is 0 Å². The van der Waals surface area contributed by atoms with Crippen molar-refractivity contribution in [1.29, 1.82) is 0 Å². The molecule has 0 radical (unpaired) electrons. The zero-order valence-corrected chi connectivity index (χ0v) is 10.8. The molecule has 94 valence electrons. The standard InChI is InChI=1S/C13H20ClN3/c14-12-10-11(15)4-5-13(12)16-6-3-9-17-7-1-2-8-17/h4-5,10,16H,1-3,6-9,15H2. The number of rotatable bonds is 5. The van der Waals surface area contributed by atoms with Crippen molar-refractivity contribution in [3.05, 3.63) is 23.2 Å². The molecule has 1 fully saturated rings. The van der Waals surface area contributed by atoms with Crippen molar-refractivity contribution in [2.24, 2.45) is 0 Å². The van der Waals surface area contributed by atoms with Gasteiger partial charge in [0.1, 0.15) is 0 Å². The summed E-state index contributed by atoms with van der Waals surface area (Å²) in [7, 11) is 0. The van der Waals surface area contributed by atoms with Crippen molar-refractivity contribution in [2.45, 2.75) is 19.3 Å². The maximum Gasteiger partial charge on any atom is 0.0657 e. The number of benzene rings is 1. The number of hydrogen-bond donors (Lipinski definition) is 2. The summed E-state index contributed by atoms with van der Waals surface area (Å²) < 4.78 is 0. The first kappa shape index (κ1) is 12.5. The molecule has 1 heterocycles. The third-order valence-electron chi connectivity index (χ3n) is 3.16. The van der Waals surface area contributed by atoms with E-state index in [1.165, 1.54) is 32.5 Å². The molecular weight excluding hydrogens is 234 g/mol. The van der Waals surface area contributed by atoms with Crippen molar-refractivity contribution < 1.29 is 0 Å². The van der Waals surface area contributed by atoms with Crippen LogP contribution in [0.2, 0.25) is 5.02 Å². The van der Waals surface area contributed by atoms with E-state index in [1.807, 2.05) is 12.1 Å². The minimum Gasteiger partial charge on any atom is -0.399 e. The molecule has 0 unspecified atom stereocenters. The molecule has 3 N–H and O–H groups in total. The van der Waals surface area contributed by atoms with Crippen LogP contribution in [0.1, 0.15) is 19.3 Å². The first-order valence-electron chi connectivity index (χ1n) is 6.27. The zero-order chi connectivity index (χ0) is 12.1. The van der Waals surface area contributed by atoms with E-state index in [-0.39, 0.29) is 0 Å². The Bertz CT molecular complexity index is 362. The molecule has 1 aromatic carbocycles. The quantitative estimate of drug-likeness (QED) is 0.626. The van der Waals surface area contributed by atoms with Crippen molar-refractivity contribution in [3.8, 4) is 0 Å². The van der Waals surface area contributed by atoms with Crippen LogP contribution in [0.25, 0.3) is 0 Å². The number of nitrogen functional groups attached to an aromatic ring is 1. The summed E-state index contributed by atoms with van der Waals surface area (Å²) in [6.07, 6.45) is 3.87. The van der Waals surface area contributed by atoms with Crippen molar-refractivity contribution >= 4 is 23.0 Å². The van der Waals surface area contributed by atoms with Crippen LogP contribution in [0.4, 0.5) is 11.4 Å². The van der Waals surface area contributed by atoms with Gasteiger partial charge in [0.25, 0.3) is 0 Å². The predicted molar refractivity (Wildman–Crippen MR) is 74.6 cm³/mol.